The van der Waals surface area contributed by atoms with Crippen LogP contribution in [0.15, 0.2) is 0 Å². The van der Waals surface area contributed by atoms with E-state index in [1.807, 2.05) is 0 Å². The molecule has 0 aliphatic rings. The van der Waals surface area contributed by atoms with Gasteiger partial charge in [-0.15, -0.1) is 0 Å². The maximum absolute atomic E-state index is 13.1. The van der Waals surface area contributed by atoms with Crippen LogP contribution in [0.5, 0.6) is 0 Å². The SMILES string of the molecule is CNCC(=O)N(C)CC(=O)N(C)CC(=O)N(C)CC(=O)N(C)CC(=O)N(C)CC(=O)N(C)CC(=O)N(C)CC(=O)N(C)CC(=O)N(C)CC(=O)N(C)CC(=O)N(C)CC(=O)N(C)CC(=O)N(C)CC(=O)N(C)CC(=O)N(C)CC(=O)N(C)CC(=O)N(C)CC(N)=O. The van der Waals surface area contributed by atoms with Crippen molar-refractivity contribution in [3.05, 3.63) is 0 Å². The van der Waals surface area contributed by atoms with E-state index in [9.17, 15) is 86.3 Å². The van der Waals surface area contributed by atoms with E-state index in [1.54, 1.807) is 7.05 Å². The van der Waals surface area contributed by atoms with Gasteiger partial charge >= 0.3 is 0 Å². The zero-order valence-corrected chi connectivity index (χ0v) is 55.8. The number of nitrogens with two attached hydrogens (primary N) is 1. The van der Waals surface area contributed by atoms with Crippen LogP contribution in [-0.2, 0) is 86.3 Å². The van der Waals surface area contributed by atoms with Crippen molar-refractivity contribution in [1.82, 2.24) is 88.6 Å². The first kappa shape index (κ1) is 81.4. The quantitative estimate of drug-likeness (QED) is 0.0588. The number of rotatable bonds is 36. The van der Waals surface area contributed by atoms with E-state index in [-0.39, 0.29) is 38.6 Å². The van der Waals surface area contributed by atoms with Crippen molar-refractivity contribution < 1.29 is 86.3 Å². The highest BCUT2D eigenvalue weighted by molar-refractivity contribution is 5.96. The minimum Gasteiger partial charge on any atom is -0.368 e. The fourth-order valence-corrected chi connectivity index (χ4v) is 7.20. The third-order valence-electron chi connectivity index (χ3n) is 13.9. The van der Waals surface area contributed by atoms with E-state index in [1.165, 1.54) is 125 Å². The Balaban J connectivity index is 5.01. The molecule has 37 heteroatoms. The molecule has 91 heavy (non-hydrogen) atoms. The van der Waals surface area contributed by atoms with Crippen LogP contribution in [0.2, 0.25) is 0 Å². The zero-order valence-electron chi connectivity index (χ0n) is 55.8. The molecule has 0 unspecified atom stereocenters. The minimum absolute atomic E-state index is 0.0197. The van der Waals surface area contributed by atoms with Gasteiger partial charge < -0.3 is 94.3 Å². The average molecular weight is 1300 g/mol. The second kappa shape index (κ2) is 38.7. The van der Waals surface area contributed by atoms with E-state index in [4.69, 9.17) is 5.73 Å². The molecule has 0 saturated carbocycles. The van der Waals surface area contributed by atoms with Gasteiger partial charge in [0.05, 0.1) is 118 Å². The average Bonchev–Trinajstić information content (AvgIpc) is 3.10. The van der Waals surface area contributed by atoms with E-state index in [0.29, 0.717) is 0 Å². The Kier molecular flexibility index (Phi) is 34.7. The summed E-state index contributed by atoms with van der Waals surface area (Å²) < 4.78 is 0. The third kappa shape index (κ3) is 29.5. The first-order chi connectivity index (χ1) is 41.9. The molecular formula is C54H93N19O18. The molecular weight excluding hydrogens is 1200 g/mol. The Bertz CT molecular complexity index is 2720. The highest BCUT2D eigenvalue weighted by Gasteiger charge is 2.29. The monoisotopic (exact) mass is 1300 g/mol. The molecule has 0 aliphatic carbocycles. The van der Waals surface area contributed by atoms with E-state index in [2.05, 4.69) is 5.32 Å². The fourth-order valence-electron chi connectivity index (χ4n) is 7.20. The summed E-state index contributed by atoms with van der Waals surface area (Å²) in [6.07, 6.45) is 0. The molecule has 512 valence electrons. The Hall–Kier alpha value is -9.58. The van der Waals surface area contributed by atoms with Crippen LogP contribution < -0.4 is 11.1 Å². The molecule has 18 amide bonds. The Morgan fingerprint density at radius 3 is 0.363 bits per heavy atom. The molecule has 0 atom stereocenters. The number of hydrogen-bond donors (Lipinski definition) is 2. The van der Waals surface area contributed by atoms with Gasteiger partial charge in [0.15, 0.2) is 0 Å². The molecule has 0 aromatic heterocycles. The smallest absolute Gasteiger partial charge is 0.242 e. The van der Waals surface area contributed by atoms with Crippen molar-refractivity contribution in [2.45, 2.75) is 0 Å². The lowest BCUT2D eigenvalue weighted by Crippen LogP contribution is -2.50. The maximum atomic E-state index is 13.1. The largest absolute Gasteiger partial charge is 0.368 e. The molecule has 0 fully saturated rings. The molecule has 0 rings (SSSR count). The van der Waals surface area contributed by atoms with Crippen LogP contribution >= 0.6 is 0 Å². The first-order valence-electron chi connectivity index (χ1n) is 28.0. The minimum atomic E-state index is -0.742. The number of nitrogens with one attached hydrogen (secondary N) is 1. The summed E-state index contributed by atoms with van der Waals surface area (Å²) in [7, 11) is 23.9. The number of hydrogen-bond acceptors (Lipinski definition) is 19. The second-order valence-corrected chi connectivity index (χ2v) is 22.2. The van der Waals surface area contributed by atoms with Crippen molar-refractivity contribution in [3.8, 4) is 0 Å². The van der Waals surface area contributed by atoms with Crippen LogP contribution in [-0.4, -0.2) is 434 Å². The summed E-state index contributed by atoms with van der Waals surface area (Å²) in [5.41, 5.74) is 5.09. The van der Waals surface area contributed by atoms with E-state index >= 15 is 0 Å². The fraction of sp³-hybridized carbons (Fsp3) is 0.667. The van der Waals surface area contributed by atoms with Crippen molar-refractivity contribution in [2.75, 3.05) is 245 Å². The highest BCUT2D eigenvalue weighted by atomic mass is 16.2. The highest BCUT2D eigenvalue weighted by Crippen LogP contribution is 2.04. The molecule has 0 aromatic rings. The molecule has 3 N–H and O–H groups in total. The lowest BCUT2D eigenvalue weighted by Gasteiger charge is -2.28. The summed E-state index contributed by atoms with van der Waals surface area (Å²) in [6.45, 7) is -7.84. The number of primary amides is 1. The summed E-state index contributed by atoms with van der Waals surface area (Å²) >= 11 is 0. The summed E-state index contributed by atoms with van der Waals surface area (Å²) in [5.74, 6) is -11.4. The van der Waals surface area contributed by atoms with Gasteiger partial charge in [0, 0.05) is 120 Å². The van der Waals surface area contributed by atoms with Crippen LogP contribution in [0.1, 0.15) is 0 Å². The lowest BCUT2D eigenvalue weighted by atomic mass is 10.3. The van der Waals surface area contributed by atoms with Crippen molar-refractivity contribution in [2.24, 2.45) is 5.73 Å². The summed E-state index contributed by atoms with van der Waals surface area (Å²) in [6, 6.07) is 0. The number of carbonyl (C=O) groups is 18. The van der Waals surface area contributed by atoms with Crippen LogP contribution in [0.3, 0.4) is 0 Å². The van der Waals surface area contributed by atoms with Crippen molar-refractivity contribution in [1.29, 1.82) is 0 Å². The number of likely N-dealkylation sites (N-methyl/N-ethyl adjacent to an activating group) is 18. The number of amides is 18. The van der Waals surface area contributed by atoms with Crippen molar-refractivity contribution in [3.63, 3.8) is 0 Å². The van der Waals surface area contributed by atoms with Gasteiger partial charge in [-0.3, -0.25) is 86.3 Å². The van der Waals surface area contributed by atoms with Gasteiger partial charge in [-0.25, -0.2) is 0 Å². The third-order valence-corrected chi connectivity index (χ3v) is 13.9. The predicted molar refractivity (Wildman–Crippen MR) is 323 cm³/mol. The van der Waals surface area contributed by atoms with Crippen LogP contribution in [0.25, 0.3) is 0 Å². The maximum Gasteiger partial charge on any atom is 0.242 e. The second-order valence-electron chi connectivity index (χ2n) is 22.2. The molecule has 0 bridgehead atoms. The van der Waals surface area contributed by atoms with Gasteiger partial charge in [0.1, 0.15) is 0 Å². The summed E-state index contributed by atoms with van der Waals surface area (Å²) in [5, 5.41) is 2.68. The number of nitrogens with zero attached hydrogens (tertiary/aromatic N) is 17. The molecule has 0 heterocycles. The van der Waals surface area contributed by atoms with Crippen LogP contribution in [0, 0.1) is 0 Å². The first-order valence-corrected chi connectivity index (χ1v) is 28.0. The Labute approximate surface area is 530 Å². The Morgan fingerprint density at radius 1 is 0.187 bits per heavy atom. The van der Waals surface area contributed by atoms with Crippen LogP contribution in [0.4, 0.5) is 0 Å². The molecule has 0 saturated heterocycles. The van der Waals surface area contributed by atoms with E-state index < -0.39 is 186 Å². The normalized spacial score (nSPS) is 10.4. The van der Waals surface area contributed by atoms with Gasteiger partial charge in [-0.05, 0) is 7.05 Å². The summed E-state index contributed by atoms with van der Waals surface area (Å²) in [4.78, 5) is 247. The molecule has 0 spiro atoms. The Morgan fingerprint density at radius 2 is 0.275 bits per heavy atom. The zero-order chi connectivity index (χ0) is 70.6. The van der Waals surface area contributed by atoms with Gasteiger partial charge in [0.25, 0.3) is 0 Å². The molecule has 0 aliphatic heterocycles. The standard InChI is InChI=1S/C54H93N19O18/c1-56-19-38(75)58(3)21-40(77)60(5)23-42(79)62(7)25-44(81)64(9)27-46(83)66(11)29-48(85)68(13)31-50(87)70(15)33-52(89)72(17)35-54(91)73(18)36-53(90)71(16)34-51(88)69(14)32-49(86)67(12)30-47(84)65(10)28-45(82)63(8)26-43(80)61(6)24-41(78)59(4)22-39(76)57(2)20-37(55)74/h56H,19-36H2,1-18H3,(H2,55,74). The van der Waals surface area contributed by atoms with Gasteiger partial charge in [0.2, 0.25) is 106 Å². The lowest BCUT2D eigenvalue weighted by molar-refractivity contribution is -0.147. The number of carbonyl (C=O) groups excluding carboxylic acids is 18. The molecule has 0 aromatic carbocycles. The molecule has 37 nitrogen and oxygen atoms in total. The topological polar surface area (TPSA) is 400 Å². The van der Waals surface area contributed by atoms with Crippen molar-refractivity contribution >= 4 is 106 Å². The molecule has 0 radical (unpaired) electrons. The van der Waals surface area contributed by atoms with Gasteiger partial charge in [-0.1, -0.05) is 0 Å². The predicted octanol–water partition coefficient (Wildman–Crippen LogP) is -10.5. The van der Waals surface area contributed by atoms with E-state index in [0.717, 1.165) is 78.4 Å². The van der Waals surface area contributed by atoms with Gasteiger partial charge in [-0.2, -0.15) is 0 Å².